The third-order valence-corrected chi connectivity index (χ3v) is 2.61. The van der Waals surface area contributed by atoms with Crippen molar-refractivity contribution in [1.29, 1.82) is 0 Å². The Balaban J connectivity index is 3.21. The van der Waals surface area contributed by atoms with Gasteiger partial charge in [0.2, 0.25) is 0 Å². The van der Waals surface area contributed by atoms with Crippen molar-refractivity contribution >= 4 is 15.9 Å². The Morgan fingerprint density at radius 1 is 1.50 bits per heavy atom. The molecular formula is C9H10BrFO. The van der Waals surface area contributed by atoms with Gasteiger partial charge in [-0.1, -0.05) is 15.9 Å². The Bertz CT molecular complexity index is 274. The maximum atomic E-state index is 13.1. The van der Waals surface area contributed by atoms with Gasteiger partial charge >= 0.3 is 0 Å². The minimum absolute atomic E-state index is 0.291. The zero-order valence-electron chi connectivity index (χ0n) is 6.94. The first kappa shape index (κ1) is 9.68. The number of hydrogen-bond acceptors (Lipinski definition) is 1. The number of aliphatic hydroxyl groups excluding tert-OH is 1. The van der Waals surface area contributed by atoms with Crippen LogP contribution in [-0.4, -0.2) is 5.11 Å². The fourth-order valence-corrected chi connectivity index (χ4v) is 1.36. The quantitative estimate of drug-likeness (QED) is 0.790. The highest BCUT2D eigenvalue weighted by atomic mass is 79.9. The molecular weight excluding hydrogens is 223 g/mol. The van der Waals surface area contributed by atoms with Gasteiger partial charge in [0.25, 0.3) is 0 Å². The van der Waals surface area contributed by atoms with Crippen molar-refractivity contribution in [1.82, 2.24) is 0 Å². The second-order valence-corrected chi connectivity index (χ2v) is 3.64. The summed E-state index contributed by atoms with van der Waals surface area (Å²) in [6.45, 7) is 3.29. The second-order valence-electron chi connectivity index (χ2n) is 2.79. The first-order valence-electron chi connectivity index (χ1n) is 3.66. The summed E-state index contributed by atoms with van der Waals surface area (Å²) in [5.74, 6) is -0.291. The molecule has 0 radical (unpaired) electrons. The summed E-state index contributed by atoms with van der Waals surface area (Å²) in [6, 6.07) is 3.08. The lowest BCUT2D eigenvalue weighted by atomic mass is 10.1. The van der Waals surface area contributed by atoms with E-state index in [1.165, 1.54) is 6.07 Å². The zero-order chi connectivity index (χ0) is 9.30. The van der Waals surface area contributed by atoms with E-state index in [9.17, 15) is 9.50 Å². The lowest BCUT2D eigenvalue weighted by Crippen LogP contribution is -1.94. The van der Waals surface area contributed by atoms with Crippen molar-refractivity contribution in [3.63, 3.8) is 0 Å². The van der Waals surface area contributed by atoms with E-state index in [1.807, 2.05) is 0 Å². The highest BCUT2D eigenvalue weighted by Crippen LogP contribution is 2.24. The van der Waals surface area contributed by atoms with Crippen molar-refractivity contribution in [3.8, 4) is 0 Å². The summed E-state index contributed by atoms with van der Waals surface area (Å²) in [6.07, 6.45) is -0.628. The smallest absolute Gasteiger partial charge is 0.127 e. The van der Waals surface area contributed by atoms with E-state index in [0.29, 0.717) is 15.6 Å². The Kier molecular flexibility index (Phi) is 2.85. The predicted octanol–water partition coefficient (Wildman–Crippen LogP) is 2.95. The van der Waals surface area contributed by atoms with Crippen LogP contribution in [0.2, 0.25) is 0 Å². The Hall–Kier alpha value is -0.410. The zero-order valence-corrected chi connectivity index (χ0v) is 8.52. The minimum Gasteiger partial charge on any atom is -0.389 e. The molecule has 1 nitrogen and oxygen atoms in total. The molecule has 3 heteroatoms. The van der Waals surface area contributed by atoms with E-state index in [1.54, 1.807) is 19.9 Å². The van der Waals surface area contributed by atoms with Crippen LogP contribution in [-0.2, 0) is 0 Å². The summed E-state index contributed by atoms with van der Waals surface area (Å²) in [5, 5.41) is 9.18. The van der Waals surface area contributed by atoms with Gasteiger partial charge in [0.05, 0.1) is 6.10 Å². The molecule has 0 aliphatic rings. The summed E-state index contributed by atoms with van der Waals surface area (Å²) in [7, 11) is 0. The van der Waals surface area contributed by atoms with Gasteiger partial charge in [0.1, 0.15) is 5.82 Å². The molecule has 1 N–H and O–H groups in total. The van der Waals surface area contributed by atoms with Crippen LogP contribution in [0.1, 0.15) is 24.2 Å². The fraction of sp³-hybridized carbons (Fsp3) is 0.333. The van der Waals surface area contributed by atoms with Crippen LogP contribution in [0, 0.1) is 12.7 Å². The summed E-state index contributed by atoms with van der Waals surface area (Å²) in [4.78, 5) is 0. The first-order chi connectivity index (χ1) is 5.52. The number of rotatable bonds is 1. The Morgan fingerprint density at radius 2 is 2.08 bits per heavy atom. The molecule has 0 saturated carbocycles. The molecule has 1 atom stereocenters. The maximum absolute atomic E-state index is 13.1. The average Bonchev–Trinajstić information content (AvgIpc) is 1.99. The number of aliphatic hydroxyl groups is 1. The van der Waals surface area contributed by atoms with Crippen molar-refractivity contribution in [2.24, 2.45) is 0 Å². The van der Waals surface area contributed by atoms with Crippen LogP contribution in [0.25, 0.3) is 0 Å². The molecule has 0 bridgehead atoms. The molecule has 1 unspecified atom stereocenters. The van der Waals surface area contributed by atoms with Gasteiger partial charge in [-0.15, -0.1) is 0 Å². The van der Waals surface area contributed by atoms with E-state index in [2.05, 4.69) is 15.9 Å². The molecule has 0 aromatic heterocycles. The first-order valence-corrected chi connectivity index (χ1v) is 4.45. The molecule has 66 valence electrons. The molecule has 1 aromatic carbocycles. The van der Waals surface area contributed by atoms with E-state index in [-0.39, 0.29) is 5.82 Å². The van der Waals surface area contributed by atoms with E-state index >= 15 is 0 Å². The summed E-state index contributed by atoms with van der Waals surface area (Å²) >= 11 is 3.21. The third-order valence-electron chi connectivity index (χ3n) is 1.79. The van der Waals surface area contributed by atoms with Gasteiger partial charge < -0.3 is 5.11 Å². The molecule has 0 amide bonds. The van der Waals surface area contributed by atoms with E-state index in [0.717, 1.165) is 0 Å². The molecule has 1 rings (SSSR count). The highest BCUT2D eigenvalue weighted by Gasteiger charge is 2.07. The molecule has 0 aliphatic heterocycles. The van der Waals surface area contributed by atoms with Gasteiger partial charge in [-0.05, 0) is 37.1 Å². The van der Waals surface area contributed by atoms with Crippen LogP contribution in [0.3, 0.4) is 0 Å². The maximum Gasteiger partial charge on any atom is 0.127 e. The molecule has 0 fully saturated rings. The van der Waals surface area contributed by atoms with Gasteiger partial charge in [-0.3, -0.25) is 0 Å². The normalized spacial score (nSPS) is 13.1. The SMILES string of the molecule is Cc1c(F)cc(C(C)O)cc1Br. The van der Waals surface area contributed by atoms with Gasteiger partial charge in [0, 0.05) is 4.47 Å². The van der Waals surface area contributed by atoms with Gasteiger partial charge in [-0.2, -0.15) is 0 Å². The Labute approximate surface area is 79.4 Å². The van der Waals surface area contributed by atoms with E-state index in [4.69, 9.17) is 0 Å². The third kappa shape index (κ3) is 1.84. The van der Waals surface area contributed by atoms with Gasteiger partial charge in [0.15, 0.2) is 0 Å². The average molecular weight is 233 g/mol. The Morgan fingerprint density at radius 3 is 2.50 bits per heavy atom. The van der Waals surface area contributed by atoms with Crippen LogP contribution < -0.4 is 0 Å². The molecule has 0 spiro atoms. The lowest BCUT2D eigenvalue weighted by molar-refractivity contribution is 0.198. The van der Waals surface area contributed by atoms with Gasteiger partial charge in [-0.25, -0.2) is 4.39 Å². The largest absolute Gasteiger partial charge is 0.389 e. The lowest BCUT2D eigenvalue weighted by Gasteiger charge is -2.07. The second kappa shape index (κ2) is 3.54. The number of benzene rings is 1. The van der Waals surface area contributed by atoms with Crippen molar-refractivity contribution in [3.05, 3.63) is 33.5 Å². The standard InChI is InChI=1S/C9H10BrFO/c1-5-8(10)3-7(6(2)12)4-9(5)11/h3-4,6,12H,1-2H3. The molecule has 0 aliphatic carbocycles. The molecule has 1 aromatic rings. The monoisotopic (exact) mass is 232 g/mol. The number of halogens is 2. The molecule has 0 saturated heterocycles. The van der Waals surface area contributed by atoms with Crippen LogP contribution >= 0.6 is 15.9 Å². The minimum atomic E-state index is -0.628. The topological polar surface area (TPSA) is 20.2 Å². The molecule has 0 heterocycles. The van der Waals surface area contributed by atoms with Crippen molar-refractivity contribution in [2.45, 2.75) is 20.0 Å². The van der Waals surface area contributed by atoms with Crippen LogP contribution in [0.4, 0.5) is 4.39 Å². The highest BCUT2D eigenvalue weighted by molar-refractivity contribution is 9.10. The molecule has 12 heavy (non-hydrogen) atoms. The predicted molar refractivity (Wildman–Crippen MR) is 49.5 cm³/mol. The summed E-state index contributed by atoms with van der Waals surface area (Å²) < 4.78 is 13.8. The van der Waals surface area contributed by atoms with Crippen LogP contribution in [0.5, 0.6) is 0 Å². The van der Waals surface area contributed by atoms with Crippen LogP contribution in [0.15, 0.2) is 16.6 Å². The summed E-state index contributed by atoms with van der Waals surface area (Å²) in [5.41, 5.74) is 1.16. The van der Waals surface area contributed by atoms with Crippen molar-refractivity contribution in [2.75, 3.05) is 0 Å². The van der Waals surface area contributed by atoms with E-state index < -0.39 is 6.10 Å². The van der Waals surface area contributed by atoms with Crippen molar-refractivity contribution < 1.29 is 9.50 Å². The fourth-order valence-electron chi connectivity index (χ4n) is 0.906. The number of hydrogen-bond donors (Lipinski definition) is 1.